The smallest absolute Gasteiger partial charge is 0.235 e. The van der Waals surface area contributed by atoms with Crippen LogP contribution in [0.4, 0.5) is 4.39 Å². The van der Waals surface area contributed by atoms with Crippen LogP contribution in [0.2, 0.25) is 0 Å². The first kappa shape index (κ1) is 20.3. The average molecular weight is 407 g/mol. The number of benzene rings is 2. The molecule has 5 nitrogen and oxygen atoms in total. The van der Waals surface area contributed by atoms with Crippen molar-refractivity contribution >= 4 is 5.91 Å². The van der Waals surface area contributed by atoms with E-state index in [0.29, 0.717) is 12.5 Å². The zero-order chi connectivity index (χ0) is 20.9. The van der Waals surface area contributed by atoms with E-state index in [-0.39, 0.29) is 11.7 Å². The molecule has 1 atom stereocenters. The Labute approximate surface area is 176 Å². The monoisotopic (exact) mass is 406 g/mol. The van der Waals surface area contributed by atoms with Crippen molar-refractivity contribution in [3.8, 4) is 0 Å². The SMILES string of the molecule is Cn1ccnc1[C@@H](NC(=O)CN1CCC(c2ccccc2)CC1)c1ccc(F)cc1. The van der Waals surface area contributed by atoms with Gasteiger partial charge in [-0.1, -0.05) is 42.5 Å². The molecule has 2 heterocycles. The Morgan fingerprint density at radius 3 is 2.47 bits per heavy atom. The van der Waals surface area contributed by atoms with Crippen LogP contribution in [0.25, 0.3) is 0 Å². The lowest BCUT2D eigenvalue weighted by molar-refractivity contribution is -0.123. The normalized spacial score (nSPS) is 16.3. The zero-order valence-electron chi connectivity index (χ0n) is 17.2. The Balaban J connectivity index is 1.39. The number of rotatable bonds is 6. The largest absolute Gasteiger partial charge is 0.341 e. The summed E-state index contributed by atoms with van der Waals surface area (Å²) in [6, 6.07) is 16.4. The standard InChI is InChI=1S/C24H27FN4O/c1-28-16-13-26-24(28)23(20-7-9-21(25)10-8-20)27-22(30)17-29-14-11-19(12-15-29)18-5-3-2-4-6-18/h2-10,13,16,19,23H,11-12,14-15,17H2,1H3,(H,27,30)/t23-/m0/s1. The van der Waals surface area contributed by atoms with Gasteiger partial charge in [-0.2, -0.15) is 0 Å². The fraction of sp³-hybridized carbons (Fsp3) is 0.333. The van der Waals surface area contributed by atoms with E-state index in [9.17, 15) is 9.18 Å². The first-order chi connectivity index (χ1) is 14.6. The predicted molar refractivity (Wildman–Crippen MR) is 114 cm³/mol. The number of imidazole rings is 1. The number of nitrogens with zero attached hydrogens (tertiary/aromatic N) is 3. The van der Waals surface area contributed by atoms with Crippen LogP contribution in [-0.2, 0) is 11.8 Å². The minimum Gasteiger partial charge on any atom is -0.341 e. The molecule has 1 amide bonds. The van der Waals surface area contributed by atoms with Crippen LogP contribution in [0.15, 0.2) is 67.0 Å². The molecule has 0 spiro atoms. The highest BCUT2D eigenvalue weighted by molar-refractivity contribution is 5.79. The quantitative estimate of drug-likeness (QED) is 0.680. The van der Waals surface area contributed by atoms with Gasteiger partial charge in [-0.3, -0.25) is 9.69 Å². The summed E-state index contributed by atoms with van der Waals surface area (Å²) in [7, 11) is 1.89. The minimum atomic E-state index is -0.417. The zero-order valence-corrected chi connectivity index (χ0v) is 17.2. The molecule has 0 bridgehead atoms. The number of carbonyl (C=O) groups is 1. The average Bonchev–Trinajstić information content (AvgIpc) is 3.19. The molecule has 1 N–H and O–H groups in total. The van der Waals surface area contributed by atoms with Crippen LogP contribution in [-0.4, -0.2) is 40.0 Å². The predicted octanol–water partition coefficient (Wildman–Crippen LogP) is 3.64. The van der Waals surface area contributed by atoms with E-state index in [4.69, 9.17) is 0 Å². The maximum absolute atomic E-state index is 13.4. The highest BCUT2D eigenvalue weighted by Crippen LogP contribution is 2.27. The summed E-state index contributed by atoms with van der Waals surface area (Å²) in [5, 5.41) is 3.10. The summed E-state index contributed by atoms with van der Waals surface area (Å²) < 4.78 is 15.3. The fourth-order valence-electron chi connectivity index (χ4n) is 4.17. The van der Waals surface area contributed by atoms with Crippen LogP contribution in [0.3, 0.4) is 0 Å². The molecule has 1 fully saturated rings. The Morgan fingerprint density at radius 2 is 1.83 bits per heavy atom. The summed E-state index contributed by atoms with van der Waals surface area (Å²) in [5.74, 6) is 0.929. The number of halogens is 1. The number of aromatic nitrogens is 2. The van der Waals surface area contributed by atoms with E-state index < -0.39 is 6.04 Å². The maximum atomic E-state index is 13.4. The topological polar surface area (TPSA) is 50.2 Å². The summed E-state index contributed by atoms with van der Waals surface area (Å²) in [6.07, 6.45) is 5.65. The lowest BCUT2D eigenvalue weighted by Crippen LogP contribution is -2.42. The van der Waals surface area contributed by atoms with Crippen molar-refractivity contribution in [3.05, 3.63) is 89.8 Å². The van der Waals surface area contributed by atoms with E-state index >= 15 is 0 Å². The Bertz CT molecular complexity index is 962. The number of hydrogen-bond acceptors (Lipinski definition) is 3. The number of amides is 1. The van der Waals surface area contributed by atoms with Crippen molar-refractivity contribution in [2.24, 2.45) is 7.05 Å². The van der Waals surface area contributed by atoms with Gasteiger partial charge in [-0.05, 0) is 55.1 Å². The molecule has 4 rings (SSSR count). The molecule has 30 heavy (non-hydrogen) atoms. The van der Waals surface area contributed by atoms with Crippen LogP contribution in [0.1, 0.15) is 41.8 Å². The van der Waals surface area contributed by atoms with Crippen LogP contribution in [0, 0.1) is 5.82 Å². The Hall–Kier alpha value is -2.99. The van der Waals surface area contributed by atoms with Gasteiger partial charge in [0.25, 0.3) is 0 Å². The molecular weight excluding hydrogens is 379 g/mol. The van der Waals surface area contributed by atoms with Crippen LogP contribution in [0.5, 0.6) is 0 Å². The minimum absolute atomic E-state index is 0.0505. The van der Waals surface area contributed by atoms with Gasteiger partial charge in [0.1, 0.15) is 17.7 Å². The fourth-order valence-corrected chi connectivity index (χ4v) is 4.17. The van der Waals surface area contributed by atoms with Crippen molar-refractivity contribution in [1.82, 2.24) is 19.8 Å². The molecule has 1 aliphatic heterocycles. The molecular formula is C24H27FN4O. The maximum Gasteiger partial charge on any atom is 0.235 e. The number of hydrogen-bond donors (Lipinski definition) is 1. The molecule has 1 aromatic heterocycles. The van der Waals surface area contributed by atoms with E-state index in [0.717, 1.165) is 37.3 Å². The number of piperidine rings is 1. The van der Waals surface area contributed by atoms with Gasteiger partial charge in [-0.15, -0.1) is 0 Å². The lowest BCUT2D eigenvalue weighted by Gasteiger charge is -2.32. The van der Waals surface area contributed by atoms with E-state index in [1.54, 1.807) is 18.3 Å². The molecule has 156 valence electrons. The molecule has 0 saturated carbocycles. The van der Waals surface area contributed by atoms with Crippen molar-refractivity contribution in [3.63, 3.8) is 0 Å². The molecule has 0 radical (unpaired) electrons. The van der Waals surface area contributed by atoms with Gasteiger partial charge < -0.3 is 9.88 Å². The molecule has 0 unspecified atom stereocenters. The van der Waals surface area contributed by atoms with Crippen LogP contribution < -0.4 is 5.32 Å². The second-order valence-electron chi connectivity index (χ2n) is 7.91. The second kappa shape index (κ2) is 9.22. The van der Waals surface area contributed by atoms with Crippen molar-refractivity contribution in [2.75, 3.05) is 19.6 Å². The summed E-state index contributed by atoms with van der Waals surface area (Å²) >= 11 is 0. The third kappa shape index (κ3) is 4.76. The molecule has 2 aromatic carbocycles. The number of aryl methyl sites for hydroxylation is 1. The highest BCUT2D eigenvalue weighted by Gasteiger charge is 2.25. The Morgan fingerprint density at radius 1 is 1.13 bits per heavy atom. The van der Waals surface area contributed by atoms with E-state index in [2.05, 4.69) is 39.5 Å². The van der Waals surface area contributed by atoms with Gasteiger partial charge in [-0.25, -0.2) is 9.37 Å². The molecule has 1 saturated heterocycles. The first-order valence-electron chi connectivity index (χ1n) is 10.4. The molecule has 6 heteroatoms. The number of carbonyl (C=O) groups excluding carboxylic acids is 1. The molecule has 1 aliphatic rings. The third-order valence-electron chi connectivity index (χ3n) is 5.85. The van der Waals surface area contributed by atoms with Gasteiger partial charge in [0.05, 0.1) is 6.54 Å². The summed E-state index contributed by atoms with van der Waals surface area (Å²) in [4.78, 5) is 19.5. The van der Waals surface area contributed by atoms with Crippen molar-refractivity contribution < 1.29 is 9.18 Å². The van der Waals surface area contributed by atoms with Crippen molar-refractivity contribution in [1.29, 1.82) is 0 Å². The van der Waals surface area contributed by atoms with Gasteiger partial charge in [0.15, 0.2) is 0 Å². The van der Waals surface area contributed by atoms with Crippen molar-refractivity contribution in [2.45, 2.75) is 24.8 Å². The Kier molecular flexibility index (Phi) is 6.23. The first-order valence-corrected chi connectivity index (χ1v) is 10.4. The van der Waals surface area contributed by atoms with Gasteiger partial charge >= 0.3 is 0 Å². The van der Waals surface area contributed by atoms with E-state index in [1.165, 1.54) is 17.7 Å². The van der Waals surface area contributed by atoms with Gasteiger partial charge in [0, 0.05) is 19.4 Å². The highest BCUT2D eigenvalue weighted by atomic mass is 19.1. The number of likely N-dealkylation sites (tertiary alicyclic amines) is 1. The summed E-state index contributed by atoms with van der Waals surface area (Å²) in [5.41, 5.74) is 2.19. The second-order valence-corrected chi connectivity index (χ2v) is 7.91. The third-order valence-corrected chi connectivity index (χ3v) is 5.85. The molecule has 0 aliphatic carbocycles. The molecule has 3 aromatic rings. The number of nitrogens with one attached hydrogen (secondary N) is 1. The van der Waals surface area contributed by atoms with Crippen LogP contribution >= 0.6 is 0 Å². The van der Waals surface area contributed by atoms with Gasteiger partial charge in [0.2, 0.25) is 5.91 Å². The lowest BCUT2D eigenvalue weighted by atomic mass is 9.89. The van der Waals surface area contributed by atoms with E-state index in [1.807, 2.05) is 23.9 Å². The summed E-state index contributed by atoms with van der Waals surface area (Å²) in [6.45, 7) is 2.15.